The standard InChI is InChI=1S/C28H33FN8/c1-6-30-23-16-19(8-10-24(23)36(4)14-13-35(2)3)32-28-33-26(21-11-12-31-27(21)34-28)22-17-37(5)25-15-18(29)7-9-20(22)25/h7-12,15-17,30H,6,13-14H2,1-5H3,(H2,31,32,33,34). The van der Waals surface area contributed by atoms with Crippen LogP contribution in [0.4, 0.5) is 27.4 Å². The SMILES string of the molecule is CCNc1cc(Nc2nc(-c3cn(C)c4cc(F)ccc34)c3cc[nH]c3n2)ccc1N(C)CCN(C)C. The Bertz CT molecular complexity index is 1550. The second-order valence-corrected chi connectivity index (χ2v) is 9.56. The lowest BCUT2D eigenvalue weighted by Crippen LogP contribution is -2.29. The number of nitrogens with one attached hydrogen (secondary N) is 3. The fourth-order valence-corrected chi connectivity index (χ4v) is 4.63. The number of likely N-dealkylation sites (N-methyl/N-ethyl adjacent to an activating group) is 2. The van der Waals surface area contributed by atoms with E-state index < -0.39 is 0 Å². The number of fused-ring (bicyclic) bond motifs is 2. The second kappa shape index (κ2) is 10.1. The third kappa shape index (κ3) is 4.95. The first-order chi connectivity index (χ1) is 17.8. The van der Waals surface area contributed by atoms with Crippen LogP contribution in [0.25, 0.3) is 33.2 Å². The molecule has 192 valence electrons. The van der Waals surface area contributed by atoms with Crippen molar-refractivity contribution in [2.45, 2.75) is 6.92 Å². The molecule has 2 aromatic carbocycles. The van der Waals surface area contributed by atoms with E-state index in [9.17, 15) is 4.39 Å². The highest BCUT2D eigenvalue weighted by Gasteiger charge is 2.17. The molecule has 0 fully saturated rings. The molecule has 3 N–H and O–H groups in total. The van der Waals surface area contributed by atoms with Gasteiger partial charge in [-0.2, -0.15) is 4.98 Å². The summed E-state index contributed by atoms with van der Waals surface area (Å²) < 4.78 is 15.8. The van der Waals surface area contributed by atoms with Gasteiger partial charge >= 0.3 is 0 Å². The molecule has 0 aliphatic heterocycles. The molecule has 0 saturated carbocycles. The molecule has 37 heavy (non-hydrogen) atoms. The zero-order chi connectivity index (χ0) is 26.1. The number of rotatable bonds is 9. The number of aromatic nitrogens is 4. The van der Waals surface area contributed by atoms with Gasteiger partial charge in [0.1, 0.15) is 11.5 Å². The van der Waals surface area contributed by atoms with Crippen molar-refractivity contribution in [3.63, 3.8) is 0 Å². The lowest BCUT2D eigenvalue weighted by Gasteiger charge is -2.25. The van der Waals surface area contributed by atoms with Crippen molar-refractivity contribution >= 4 is 44.9 Å². The summed E-state index contributed by atoms with van der Waals surface area (Å²) in [5.74, 6) is 0.226. The third-order valence-corrected chi connectivity index (χ3v) is 6.54. The van der Waals surface area contributed by atoms with E-state index in [1.165, 1.54) is 6.07 Å². The second-order valence-electron chi connectivity index (χ2n) is 9.56. The molecule has 0 aliphatic rings. The van der Waals surface area contributed by atoms with Crippen molar-refractivity contribution in [2.24, 2.45) is 7.05 Å². The van der Waals surface area contributed by atoms with Crippen LogP contribution in [-0.2, 0) is 7.05 Å². The Balaban J connectivity index is 1.52. The monoisotopic (exact) mass is 500 g/mol. The van der Waals surface area contributed by atoms with Crippen LogP contribution >= 0.6 is 0 Å². The maximum absolute atomic E-state index is 13.9. The summed E-state index contributed by atoms with van der Waals surface area (Å²) in [5.41, 5.74) is 6.34. The van der Waals surface area contributed by atoms with Gasteiger partial charge < -0.3 is 30.0 Å². The highest BCUT2D eigenvalue weighted by Crippen LogP contribution is 2.35. The fourth-order valence-electron chi connectivity index (χ4n) is 4.63. The summed E-state index contributed by atoms with van der Waals surface area (Å²) in [7, 11) is 8.19. The average molecular weight is 501 g/mol. The Morgan fingerprint density at radius 2 is 1.84 bits per heavy atom. The van der Waals surface area contributed by atoms with Crippen molar-refractivity contribution in [3.8, 4) is 11.3 Å². The van der Waals surface area contributed by atoms with Crippen LogP contribution in [0.15, 0.2) is 54.9 Å². The van der Waals surface area contributed by atoms with Gasteiger partial charge in [-0.25, -0.2) is 9.37 Å². The first-order valence-electron chi connectivity index (χ1n) is 12.4. The van der Waals surface area contributed by atoms with E-state index in [4.69, 9.17) is 9.97 Å². The molecule has 0 atom stereocenters. The van der Waals surface area contributed by atoms with Crippen molar-refractivity contribution < 1.29 is 4.39 Å². The zero-order valence-corrected chi connectivity index (χ0v) is 21.9. The van der Waals surface area contributed by atoms with Gasteiger partial charge in [0.25, 0.3) is 0 Å². The van der Waals surface area contributed by atoms with Gasteiger partial charge in [-0.1, -0.05) is 0 Å². The highest BCUT2D eigenvalue weighted by molar-refractivity contribution is 6.02. The van der Waals surface area contributed by atoms with Gasteiger partial charge in [0, 0.05) is 68.1 Å². The molecule has 0 radical (unpaired) electrons. The Morgan fingerprint density at radius 3 is 2.62 bits per heavy atom. The number of H-pyrrole nitrogens is 1. The highest BCUT2D eigenvalue weighted by atomic mass is 19.1. The Hall–Kier alpha value is -4.11. The molecule has 8 nitrogen and oxygen atoms in total. The largest absolute Gasteiger partial charge is 0.384 e. The van der Waals surface area contributed by atoms with Crippen molar-refractivity contribution in [1.82, 2.24) is 24.4 Å². The minimum Gasteiger partial charge on any atom is -0.384 e. The first kappa shape index (κ1) is 24.6. The van der Waals surface area contributed by atoms with Gasteiger partial charge in [-0.3, -0.25) is 0 Å². The molecular formula is C28H33FN8. The number of hydrogen-bond acceptors (Lipinski definition) is 6. The normalized spacial score (nSPS) is 11.5. The number of nitrogens with zero attached hydrogens (tertiary/aromatic N) is 5. The number of halogens is 1. The smallest absolute Gasteiger partial charge is 0.229 e. The number of aromatic amines is 1. The predicted molar refractivity (Wildman–Crippen MR) is 151 cm³/mol. The average Bonchev–Trinajstić information content (AvgIpc) is 3.47. The molecule has 0 bridgehead atoms. The van der Waals surface area contributed by atoms with Crippen LogP contribution in [0.5, 0.6) is 0 Å². The molecule has 3 heterocycles. The molecule has 0 unspecified atom stereocenters. The molecule has 3 aromatic heterocycles. The predicted octanol–water partition coefficient (Wildman–Crippen LogP) is 5.43. The Kier molecular flexibility index (Phi) is 6.71. The van der Waals surface area contributed by atoms with Gasteiger partial charge in [0.2, 0.25) is 5.95 Å². The van der Waals surface area contributed by atoms with Crippen molar-refractivity contribution in [3.05, 3.63) is 60.7 Å². The molecule has 5 rings (SSSR count). The number of aryl methyl sites for hydroxylation is 1. The Labute approximate surface area is 216 Å². The molecule has 0 amide bonds. The molecule has 9 heteroatoms. The van der Waals surface area contributed by atoms with Gasteiger partial charge in [-0.15, -0.1) is 0 Å². The van der Waals surface area contributed by atoms with Crippen LogP contribution in [-0.4, -0.2) is 65.2 Å². The van der Waals surface area contributed by atoms with E-state index in [0.29, 0.717) is 5.95 Å². The maximum atomic E-state index is 13.9. The maximum Gasteiger partial charge on any atom is 0.229 e. The quantitative estimate of drug-likeness (QED) is 0.251. The molecule has 5 aromatic rings. The lowest BCUT2D eigenvalue weighted by atomic mass is 10.1. The van der Waals surface area contributed by atoms with E-state index in [-0.39, 0.29) is 5.82 Å². The minimum absolute atomic E-state index is 0.260. The van der Waals surface area contributed by atoms with E-state index in [0.717, 1.165) is 69.9 Å². The van der Waals surface area contributed by atoms with Crippen LogP contribution in [0, 0.1) is 5.82 Å². The number of anilines is 4. The van der Waals surface area contributed by atoms with Crippen LogP contribution in [0.2, 0.25) is 0 Å². The summed E-state index contributed by atoms with van der Waals surface area (Å²) in [6, 6.07) is 13.1. The summed E-state index contributed by atoms with van der Waals surface area (Å²) in [5, 5.41) is 8.74. The van der Waals surface area contributed by atoms with E-state index in [2.05, 4.69) is 65.6 Å². The summed E-state index contributed by atoms with van der Waals surface area (Å²) in [6.07, 6.45) is 3.85. The van der Waals surface area contributed by atoms with E-state index >= 15 is 0 Å². The number of hydrogen-bond donors (Lipinski definition) is 3. The fraction of sp³-hybridized carbons (Fsp3) is 0.286. The van der Waals surface area contributed by atoms with E-state index in [1.807, 2.05) is 42.2 Å². The van der Waals surface area contributed by atoms with Gasteiger partial charge in [0.15, 0.2) is 0 Å². The minimum atomic E-state index is -0.260. The zero-order valence-electron chi connectivity index (χ0n) is 21.9. The third-order valence-electron chi connectivity index (χ3n) is 6.54. The molecular weight excluding hydrogens is 467 g/mol. The van der Waals surface area contributed by atoms with Gasteiger partial charge in [0.05, 0.1) is 22.6 Å². The number of benzene rings is 2. The van der Waals surface area contributed by atoms with Crippen LogP contribution in [0.1, 0.15) is 6.92 Å². The lowest BCUT2D eigenvalue weighted by molar-refractivity contribution is 0.416. The van der Waals surface area contributed by atoms with Crippen molar-refractivity contribution in [1.29, 1.82) is 0 Å². The summed E-state index contributed by atoms with van der Waals surface area (Å²) in [6.45, 7) is 4.79. The topological polar surface area (TPSA) is 77.0 Å². The molecule has 0 saturated heterocycles. The van der Waals surface area contributed by atoms with Crippen LogP contribution in [0.3, 0.4) is 0 Å². The summed E-state index contributed by atoms with van der Waals surface area (Å²) in [4.78, 5) is 17.3. The summed E-state index contributed by atoms with van der Waals surface area (Å²) >= 11 is 0. The van der Waals surface area contributed by atoms with Crippen LogP contribution < -0.4 is 15.5 Å². The van der Waals surface area contributed by atoms with Crippen molar-refractivity contribution in [2.75, 3.05) is 56.3 Å². The van der Waals surface area contributed by atoms with E-state index in [1.54, 1.807) is 6.07 Å². The molecule has 0 spiro atoms. The first-order valence-corrected chi connectivity index (χ1v) is 12.4. The molecule has 0 aliphatic carbocycles. The van der Waals surface area contributed by atoms with Gasteiger partial charge in [-0.05, 0) is 63.5 Å². The Morgan fingerprint density at radius 1 is 1.00 bits per heavy atom.